The maximum absolute atomic E-state index is 13.1. The van der Waals surface area contributed by atoms with E-state index >= 15 is 0 Å². The Morgan fingerprint density at radius 1 is 1.16 bits per heavy atom. The van der Waals surface area contributed by atoms with Crippen LogP contribution in [0.1, 0.15) is 43.0 Å². The van der Waals surface area contributed by atoms with E-state index in [-0.39, 0.29) is 18.5 Å². The minimum Gasteiger partial charge on any atom is -0.487 e. The van der Waals surface area contributed by atoms with Crippen LogP contribution in [-0.4, -0.2) is 44.9 Å². The molecule has 0 fully saturated rings. The van der Waals surface area contributed by atoms with Gasteiger partial charge in [-0.25, -0.2) is 4.31 Å². The summed E-state index contributed by atoms with van der Waals surface area (Å²) in [4.78, 5) is 13.1. The summed E-state index contributed by atoms with van der Waals surface area (Å²) in [7, 11) is -0.948. The number of amides is 1. The Balaban J connectivity index is 1.91. The quantitative estimate of drug-likeness (QED) is 0.740. The maximum atomic E-state index is 13.1. The van der Waals surface area contributed by atoms with Gasteiger partial charge >= 0.3 is 10.2 Å². The fourth-order valence-electron chi connectivity index (χ4n) is 3.78. The van der Waals surface area contributed by atoms with E-state index in [1.165, 1.54) is 18.4 Å². The predicted octanol–water partition coefficient (Wildman–Crippen LogP) is 3.33. The zero-order chi connectivity index (χ0) is 23.0. The molecule has 0 aromatic heterocycles. The highest BCUT2D eigenvalue weighted by Crippen LogP contribution is 2.39. The van der Waals surface area contributed by atoms with Crippen LogP contribution in [0.4, 0.5) is 5.69 Å². The molecule has 2 aromatic rings. The van der Waals surface area contributed by atoms with Gasteiger partial charge in [-0.15, -0.1) is 0 Å². The number of carbonyl (C=O) groups is 1. The van der Waals surface area contributed by atoms with Crippen LogP contribution in [0, 0.1) is 13.8 Å². The van der Waals surface area contributed by atoms with Crippen molar-refractivity contribution in [1.82, 2.24) is 9.62 Å². The van der Waals surface area contributed by atoms with Gasteiger partial charge in [0.25, 0.3) is 0 Å². The van der Waals surface area contributed by atoms with Crippen LogP contribution < -0.4 is 14.4 Å². The van der Waals surface area contributed by atoms with Crippen LogP contribution >= 0.6 is 0 Å². The van der Waals surface area contributed by atoms with Gasteiger partial charge in [0.1, 0.15) is 17.9 Å². The Kier molecular flexibility index (Phi) is 6.34. The largest absolute Gasteiger partial charge is 0.487 e. The molecular formula is C23H31N3O4S. The van der Waals surface area contributed by atoms with Gasteiger partial charge in [0.15, 0.2) is 0 Å². The summed E-state index contributed by atoms with van der Waals surface area (Å²) in [6, 6.07) is 12.9. The minimum absolute atomic E-state index is 0.269. The molecule has 1 N–H and O–H groups in total. The number of rotatable bonds is 6. The van der Waals surface area contributed by atoms with Crippen LogP contribution in [0.25, 0.3) is 0 Å². The van der Waals surface area contributed by atoms with Gasteiger partial charge in [0, 0.05) is 26.1 Å². The van der Waals surface area contributed by atoms with E-state index in [1.54, 1.807) is 6.07 Å². The van der Waals surface area contributed by atoms with Gasteiger partial charge in [-0.1, -0.05) is 30.3 Å². The van der Waals surface area contributed by atoms with E-state index < -0.39 is 15.8 Å². The molecule has 1 aliphatic rings. The van der Waals surface area contributed by atoms with Crippen molar-refractivity contribution in [2.45, 2.75) is 45.8 Å². The first-order valence-corrected chi connectivity index (χ1v) is 11.7. The van der Waals surface area contributed by atoms with Crippen molar-refractivity contribution in [2.24, 2.45) is 0 Å². The van der Waals surface area contributed by atoms with Gasteiger partial charge in [-0.3, -0.25) is 4.79 Å². The van der Waals surface area contributed by atoms with Crippen molar-refractivity contribution in [3.05, 3.63) is 59.2 Å². The van der Waals surface area contributed by atoms with E-state index in [2.05, 4.69) is 5.32 Å². The normalized spacial score (nSPS) is 17.6. The fraction of sp³-hybridized carbons (Fsp3) is 0.435. The average Bonchev–Trinajstić information content (AvgIpc) is 2.67. The monoisotopic (exact) mass is 445 g/mol. The number of nitrogens with one attached hydrogen (secondary N) is 1. The maximum Gasteiger partial charge on any atom is 0.304 e. The molecule has 0 spiro atoms. The molecule has 1 heterocycles. The minimum atomic E-state index is -3.87. The topological polar surface area (TPSA) is 79.0 Å². The second-order valence-corrected chi connectivity index (χ2v) is 10.9. The zero-order valence-corrected chi connectivity index (χ0v) is 19.8. The van der Waals surface area contributed by atoms with Crippen molar-refractivity contribution in [3.8, 4) is 5.75 Å². The summed E-state index contributed by atoms with van der Waals surface area (Å²) in [6.07, 6.45) is 0.583. The lowest BCUT2D eigenvalue weighted by Gasteiger charge is -2.38. The van der Waals surface area contributed by atoms with Gasteiger partial charge < -0.3 is 10.1 Å². The standard InChI is InChI=1S/C23H31N3O4S/c1-16-11-12-17(2)20(13-16)26(31(28,29)25(5)6)15-22(27)24-19-14-23(3,4)30-21-10-8-7-9-18(19)21/h7-13,19H,14-15H2,1-6H3,(H,24,27)/t19-/m1/s1. The summed E-state index contributed by atoms with van der Waals surface area (Å²) < 4.78 is 34.5. The molecule has 31 heavy (non-hydrogen) atoms. The molecule has 2 aromatic carbocycles. The number of fused-ring (bicyclic) bond motifs is 1. The van der Waals surface area contributed by atoms with Crippen LogP contribution in [0.3, 0.4) is 0 Å². The van der Waals surface area contributed by atoms with Gasteiger partial charge in [0.05, 0.1) is 11.7 Å². The van der Waals surface area contributed by atoms with Crippen LogP contribution in [-0.2, 0) is 15.0 Å². The number of carbonyl (C=O) groups excluding carboxylic acids is 1. The van der Waals surface area contributed by atoms with Crippen molar-refractivity contribution in [2.75, 3.05) is 24.9 Å². The lowest BCUT2D eigenvalue weighted by atomic mass is 9.89. The smallest absolute Gasteiger partial charge is 0.304 e. The molecule has 0 saturated heterocycles. The molecule has 168 valence electrons. The van der Waals surface area contributed by atoms with E-state index in [0.717, 1.165) is 26.7 Å². The highest BCUT2D eigenvalue weighted by atomic mass is 32.2. The van der Waals surface area contributed by atoms with E-state index in [9.17, 15) is 13.2 Å². The number of nitrogens with zero attached hydrogens (tertiary/aromatic N) is 2. The van der Waals surface area contributed by atoms with Crippen LogP contribution in [0.2, 0.25) is 0 Å². The lowest BCUT2D eigenvalue weighted by molar-refractivity contribution is -0.120. The highest BCUT2D eigenvalue weighted by Gasteiger charge is 2.35. The van der Waals surface area contributed by atoms with E-state index in [1.807, 2.05) is 64.1 Å². The Hall–Kier alpha value is -2.58. The summed E-state index contributed by atoms with van der Waals surface area (Å²) in [5.41, 5.74) is 2.64. The molecule has 0 unspecified atom stereocenters. The fourth-order valence-corrected chi connectivity index (χ4v) is 4.90. The first-order valence-electron chi connectivity index (χ1n) is 10.3. The van der Waals surface area contributed by atoms with Gasteiger partial charge in [0.2, 0.25) is 5.91 Å². The Morgan fingerprint density at radius 2 is 1.84 bits per heavy atom. The molecule has 1 aliphatic heterocycles. The number of hydrogen-bond donors (Lipinski definition) is 1. The predicted molar refractivity (Wildman–Crippen MR) is 123 cm³/mol. The Labute approximate surface area is 185 Å². The van der Waals surface area contributed by atoms with E-state index in [0.29, 0.717) is 12.1 Å². The molecule has 7 nitrogen and oxygen atoms in total. The van der Waals surface area contributed by atoms with Gasteiger partial charge in [-0.05, 0) is 51.0 Å². The Morgan fingerprint density at radius 3 is 2.52 bits per heavy atom. The Bertz CT molecular complexity index is 1080. The summed E-state index contributed by atoms with van der Waals surface area (Å²) in [5, 5.41) is 3.03. The van der Waals surface area contributed by atoms with Crippen LogP contribution in [0.15, 0.2) is 42.5 Å². The molecule has 0 bridgehead atoms. The third-order valence-electron chi connectivity index (χ3n) is 5.37. The number of aryl methyl sites for hydroxylation is 2. The lowest BCUT2D eigenvalue weighted by Crippen LogP contribution is -2.48. The summed E-state index contributed by atoms with van der Waals surface area (Å²) in [5.74, 6) is 0.361. The first kappa shape index (κ1) is 23.1. The average molecular weight is 446 g/mol. The van der Waals surface area contributed by atoms with Crippen LogP contribution in [0.5, 0.6) is 5.75 Å². The zero-order valence-electron chi connectivity index (χ0n) is 19.0. The highest BCUT2D eigenvalue weighted by molar-refractivity contribution is 7.90. The third kappa shape index (κ3) is 5.02. The van der Waals surface area contributed by atoms with E-state index in [4.69, 9.17) is 4.74 Å². The second-order valence-electron chi connectivity index (χ2n) is 8.81. The molecule has 1 amide bonds. The number of hydrogen-bond acceptors (Lipinski definition) is 4. The first-order chi connectivity index (χ1) is 14.4. The number of anilines is 1. The molecule has 1 atom stereocenters. The SMILES string of the molecule is Cc1ccc(C)c(N(CC(=O)N[C@@H]2CC(C)(C)Oc3ccccc32)S(=O)(=O)N(C)C)c1. The summed E-state index contributed by atoms with van der Waals surface area (Å²) in [6.45, 7) is 7.36. The molecule has 0 saturated carbocycles. The van der Waals surface area contributed by atoms with Gasteiger partial charge in [-0.2, -0.15) is 12.7 Å². The molecule has 3 rings (SSSR count). The number of benzene rings is 2. The molecule has 0 aliphatic carbocycles. The second kappa shape index (κ2) is 8.51. The van der Waals surface area contributed by atoms with Crippen molar-refractivity contribution < 1.29 is 17.9 Å². The molecule has 0 radical (unpaired) electrons. The number of para-hydroxylation sites is 1. The van der Waals surface area contributed by atoms with Crippen molar-refractivity contribution in [3.63, 3.8) is 0 Å². The summed E-state index contributed by atoms with van der Waals surface area (Å²) >= 11 is 0. The van der Waals surface area contributed by atoms with Crippen molar-refractivity contribution >= 4 is 21.8 Å². The molecule has 8 heteroatoms. The van der Waals surface area contributed by atoms with Crippen molar-refractivity contribution in [1.29, 1.82) is 0 Å². The third-order valence-corrected chi connectivity index (χ3v) is 7.18. The number of ether oxygens (including phenoxy) is 1. The molecular weight excluding hydrogens is 414 g/mol.